The van der Waals surface area contributed by atoms with Crippen LogP contribution in [-0.4, -0.2) is 28.9 Å². The summed E-state index contributed by atoms with van der Waals surface area (Å²) in [4.78, 5) is 23.6. The van der Waals surface area contributed by atoms with Crippen LogP contribution in [0.5, 0.6) is 5.75 Å². The third-order valence-electron chi connectivity index (χ3n) is 4.42. The average molecular weight is 409 g/mol. The Bertz CT molecular complexity index is 677. The molecule has 0 saturated carbocycles. The molecule has 5 nitrogen and oxygen atoms in total. The number of carbonyl (C=O) groups excluding carboxylic acids is 1. The molecule has 0 heterocycles. The second-order valence-electron chi connectivity index (χ2n) is 11.3. The first-order valence-corrected chi connectivity index (χ1v) is 10.3. The minimum absolute atomic E-state index is 0.204. The molecule has 0 aliphatic rings. The van der Waals surface area contributed by atoms with Gasteiger partial charge in [0.1, 0.15) is 11.4 Å². The molecule has 166 valence electrons. The first-order chi connectivity index (χ1) is 12.8. The molecule has 1 aromatic carbocycles. The van der Waals surface area contributed by atoms with Gasteiger partial charge in [-0.1, -0.05) is 41.5 Å². The number of ether oxygens (including phenoxy) is 1. The van der Waals surface area contributed by atoms with E-state index in [1.807, 2.05) is 76.2 Å². The lowest BCUT2D eigenvalue weighted by atomic mass is 9.78. The summed E-state index contributed by atoms with van der Waals surface area (Å²) in [5.41, 5.74) is 0.309. The third-order valence-corrected chi connectivity index (χ3v) is 4.42. The Morgan fingerprint density at radius 1 is 0.828 bits per heavy atom. The van der Waals surface area contributed by atoms with Crippen molar-refractivity contribution in [2.45, 2.75) is 105 Å². The van der Waals surface area contributed by atoms with E-state index in [-0.39, 0.29) is 23.2 Å². The van der Waals surface area contributed by atoms with Crippen LogP contribution >= 0.6 is 0 Å². The monoisotopic (exact) mass is 408 g/mol. The Balaban J connectivity index is 2.97. The highest BCUT2D eigenvalue weighted by Gasteiger charge is 2.29. The van der Waals surface area contributed by atoms with E-state index in [0.717, 1.165) is 11.1 Å². The molecule has 0 aliphatic heterocycles. The smallest absolute Gasteiger partial charge is 0.338 e. The van der Waals surface area contributed by atoms with Gasteiger partial charge in [0.15, 0.2) is 0 Å². The standard InChI is InChI=1S/C24H40O5/c1-21(2,3)17-14-16(15-18(19(17)25)22(4,5)6)20(26)27-13-12-24(10,11)29-28-23(7,8)9/h14-15,25H,12-13H2,1-11H3. The molecule has 29 heavy (non-hydrogen) atoms. The molecular formula is C24H40O5. The van der Waals surface area contributed by atoms with E-state index >= 15 is 0 Å². The summed E-state index contributed by atoms with van der Waals surface area (Å²) in [5.74, 6) is -0.163. The maximum Gasteiger partial charge on any atom is 0.338 e. The predicted molar refractivity (Wildman–Crippen MR) is 116 cm³/mol. The van der Waals surface area contributed by atoms with Crippen molar-refractivity contribution in [3.05, 3.63) is 28.8 Å². The highest BCUT2D eigenvalue weighted by atomic mass is 17.2. The molecule has 0 atom stereocenters. The van der Waals surface area contributed by atoms with Crippen LogP contribution in [0.2, 0.25) is 0 Å². The maximum atomic E-state index is 12.7. The first kappa shape index (κ1) is 25.4. The number of aromatic hydroxyl groups is 1. The summed E-state index contributed by atoms with van der Waals surface area (Å²) in [6, 6.07) is 3.47. The van der Waals surface area contributed by atoms with Crippen LogP contribution in [0.15, 0.2) is 12.1 Å². The van der Waals surface area contributed by atoms with Crippen LogP contribution in [0.25, 0.3) is 0 Å². The number of hydrogen-bond donors (Lipinski definition) is 1. The van der Waals surface area contributed by atoms with Gasteiger partial charge < -0.3 is 9.84 Å². The average Bonchev–Trinajstić information content (AvgIpc) is 2.50. The minimum Gasteiger partial charge on any atom is -0.507 e. The summed E-state index contributed by atoms with van der Waals surface area (Å²) >= 11 is 0. The molecular weight excluding hydrogens is 368 g/mol. The summed E-state index contributed by atoms with van der Waals surface area (Å²) in [5, 5.41) is 10.8. The molecule has 0 bridgehead atoms. The molecule has 0 radical (unpaired) electrons. The molecule has 0 amide bonds. The molecule has 1 aromatic rings. The van der Waals surface area contributed by atoms with E-state index < -0.39 is 17.2 Å². The SMILES string of the molecule is CC(C)(C)OOC(C)(C)CCOC(=O)c1cc(C(C)(C)C)c(O)c(C(C)(C)C)c1. The van der Waals surface area contributed by atoms with Gasteiger partial charge in [0.05, 0.1) is 17.8 Å². The molecule has 1 N–H and O–H groups in total. The summed E-state index contributed by atoms with van der Waals surface area (Å²) < 4.78 is 5.51. The highest BCUT2D eigenvalue weighted by molar-refractivity contribution is 5.90. The fourth-order valence-corrected chi connectivity index (χ4v) is 2.65. The van der Waals surface area contributed by atoms with Gasteiger partial charge >= 0.3 is 5.97 Å². The Labute approximate surface area is 176 Å². The van der Waals surface area contributed by atoms with Crippen molar-refractivity contribution in [2.75, 3.05) is 6.61 Å². The van der Waals surface area contributed by atoms with Gasteiger partial charge in [-0.05, 0) is 57.6 Å². The van der Waals surface area contributed by atoms with E-state index in [1.165, 1.54) is 0 Å². The fraction of sp³-hybridized carbons (Fsp3) is 0.708. The van der Waals surface area contributed by atoms with Crippen molar-refractivity contribution in [3.63, 3.8) is 0 Å². The molecule has 5 heteroatoms. The van der Waals surface area contributed by atoms with Crippen molar-refractivity contribution >= 4 is 5.97 Å². The van der Waals surface area contributed by atoms with Gasteiger partial charge in [-0.2, -0.15) is 0 Å². The number of benzene rings is 1. The van der Waals surface area contributed by atoms with Crippen LogP contribution in [0.3, 0.4) is 0 Å². The molecule has 1 rings (SSSR count). The second-order valence-corrected chi connectivity index (χ2v) is 11.3. The van der Waals surface area contributed by atoms with Crippen LogP contribution in [0.4, 0.5) is 0 Å². The number of hydrogen-bond acceptors (Lipinski definition) is 5. The van der Waals surface area contributed by atoms with Crippen LogP contribution in [0.1, 0.15) is 104 Å². The number of phenolic OH excluding ortho intramolecular Hbond substituents is 1. The number of rotatable bonds is 6. The quantitative estimate of drug-likeness (QED) is 0.352. The van der Waals surface area contributed by atoms with Gasteiger partial charge in [0.25, 0.3) is 0 Å². The number of esters is 1. The molecule has 0 spiro atoms. The van der Waals surface area contributed by atoms with E-state index in [2.05, 4.69) is 0 Å². The Morgan fingerprint density at radius 3 is 1.66 bits per heavy atom. The molecule has 0 unspecified atom stereocenters. The van der Waals surface area contributed by atoms with Crippen molar-refractivity contribution in [1.29, 1.82) is 0 Å². The molecule has 0 fully saturated rings. The lowest BCUT2D eigenvalue weighted by molar-refractivity contribution is -0.398. The first-order valence-electron chi connectivity index (χ1n) is 10.3. The lowest BCUT2D eigenvalue weighted by Gasteiger charge is -2.29. The van der Waals surface area contributed by atoms with Crippen LogP contribution in [-0.2, 0) is 25.3 Å². The Hall–Kier alpha value is -1.59. The van der Waals surface area contributed by atoms with Crippen molar-refractivity contribution in [2.24, 2.45) is 0 Å². The molecule has 0 saturated heterocycles. The van der Waals surface area contributed by atoms with Crippen molar-refractivity contribution in [3.8, 4) is 5.75 Å². The second kappa shape index (κ2) is 8.65. The van der Waals surface area contributed by atoms with E-state index in [1.54, 1.807) is 12.1 Å². The van der Waals surface area contributed by atoms with Gasteiger partial charge in [0, 0.05) is 17.5 Å². The Kier molecular flexibility index (Phi) is 7.59. The van der Waals surface area contributed by atoms with Crippen molar-refractivity contribution < 1.29 is 24.4 Å². The van der Waals surface area contributed by atoms with E-state index in [9.17, 15) is 9.90 Å². The number of carbonyl (C=O) groups is 1. The van der Waals surface area contributed by atoms with E-state index in [4.69, 9.17) is 14.5 Å². The summed E-state index contributed by atoms with van der Waals surface area (Å²) in [7, 11) is 0. The maximum absolute atomic E-state index is 12.7. The largest absolute Gasteiger partial charge is 0.507 e. The zero-order valence-electron chi connectivity index (χ0n) is 20.1. The highest BCUT2D eigenvalue weighted by Crippen LogP contribution is 2.39. The van der Waals surface area contributed by atoms with Crippen LogP contribution < -0.4 is 0 Å². The topological polar surface area (TPSA) is 65.0 Å². The summed E-state index contributed by atoms with van der Waals surface area (Å²) in [6.07, 6.45) is 0.491. The van der Waals surface area contributed by atoms with Crippen molar-refractivity contribution in [1.82, 2.24) is 0 Å². The molecule has 0 aromatic heterocycles. The fourth-order valence-electron chi connectivity index (χ4n) is 2.65. The van der Waals surface area contributed by atoms with Gasteiger partial charge in [-0.15, -0.1) is 0 Å². The predicted octanol–water partition coefficient (Wildman–Crippen LogP) is 6.06. The molecule has 0 aliphatic carbocycles. The van der Waals surface area contributed by atoms with Gasteiger partial charge in [-0.3, -0.25) is 0 Å². The van der Waals surface area contributed by atoms with Gasteiger partial charge in [0.2, 0.25) is 0 Å². The normalized spacial score (nSPS) is 13.5. The zero-order chi connectivity index (χ0) is 22.8. The number of phenols is 1. The minimum atomic E-state index is -0.588. The van der Waals surface area contributed by atoms with Gasteiger partial charge in [-0.25, -0.2) is 14.6 Å². The third kappa shape index (κ3) is 7.98. The van der Waals surface area contributed by atoms with E-state index in [0.29, 0.717) is 12.0 Å². The zero-order valence-corrected chi connectivity index (χ0v) is 20.1. The van der Waals surface area contributed by atoms with Crippen LogP contribution in [0, 0.1) is 0 Å². The summed E-state index contributed by atoms with van der Waals surface area (Å²) in [6.45, 7) is 21.8. The lowest BCUT2D eigenvalue weighted by Crippen LogP contribution is -2.32. The Morgan fingerprint density at radius 2 is 1.28 bits per heavy atom.